The molecule has 0 spiro atoms. The van der Waals surface area contributed by atoms with E-state index >= 15 is 0 Å². The van der Waals surface area contributed by atoms with Gasteiger partial charge in [-0.25, -0.2) is 15.0 Å². The van der Waals surface area contributed by atoms with E-state index in [9.17, 15) is 18.3 Å². The van der Waals surface area contributed by atoms with E-state index in [1.165, 1.54) is 31.0 Å². The fraction of sp³-hybridized carbons (Fsp3) is 0.600. The van der Waals surface area contributed by atoms with E-state index < -0.39 is 10.2 Å². The maximum atomic E-state index is 13.6. The molecule has 0 unspecified atom stereocenters. The minimum Gasteiger partial charge on any atom is -0.395 e. The Labute approximate surface area is 252 Å². The van der Waals surface area contributed by atoms with Crippen LogP contribution in [0.25, 0.3) is 10.3 Å². The van der Waals surface area contributed by atoms with Gasteiger partial charge in [-0.1, -0.05) is 38.2 Å². The predicted octanol–water partition coefficient (Wildman–Crippen LogP) is 4.27. The third-order valence-corrected chi connectivity index (χ3v) is 11.3. The van der Waals surface area contributed by atoms with Gasteiger partial charge in [0.15, 0.2) is 10.8 Å². The van der Waals surface area contributed by atoms with Gasteiger partial charge in [0.1, 0.15) is 16.2 Å². The summed E-state index contributed by atoms with van der Waals surface area (Å²) in [6, 6.07) is 5.76. The third-order valence-electron chi connectivity index (χ3n) is 8.86. The standard InChI is InChI=1S/C30H42N6O4S2/c1-30(2,3)22-7-8-24-21(14-22)15-25-28(32-24)41-29(33-25)26(38)16-19(10-12-36-13-11-23(36)18-37)20-6-9-27(31-17-20)34-42(39,40)35(4)5/h6,9,15,17,19,22-23,37H,7-8,10-14,16,18H2,1-5H3,(H,31,34)/t19-,22-,23-/m0/s1. The molecule has 5 rings (SSSR count). The number of carbonyl (C=O) groups excluding carboxylic acids is 1. The van der Waals surface area contributed by atoms with Crippen LogP contribution in [0.3, 0.4) is 0 Å². The maximum Gasteiger partial charge on any atom is 0.302 e. The molecule has 228 valence electrons. The van der Waals surface area contributed by atoms with Gasteiger partial charge in [0, 0.05) is 45.0 Å². The Morgan fingerprint density at radius 2 is 2.02 bits per heavy atom. The van der Waals surface area contributed by atoms with Crippen LogP contribution in [0.4, 0.5) is 5.82 Å². The quantitative estimate of drug-likeness (QED) is 0.307. The normalized spacial score (nSPS) is 20.4. The lowest BCUT2D eigenvalue weighted by Gasteiger charge is -2.40. The molecule has 2 aliphatic rings. The minimum atomic E-state index is -3.67. The summed E-state index contributed by atoms with van der Waals surface area (Å²) in [6.45, 7) is 8.69. The number of Topliss-reactive ketones (excluding diaryl/α,β-unsaturated/α-hetero) is 1. The van der Waals surface area contributed by atoms with Gasteiger partial charge >= 0.3 is 10.2 Å². The van der Waals surface area contributed by atoms with Gasteiger partial charge in [0.25, 0.3) is 0 Å². The molecule has 1 aliphatic carbocycles. The van der Waals surface area contributed by atoms with E-state index in [1.54, 1.807) is 12.3 Å². The Hall–Kier alpha value is -2.51. The Bertz CT molecular complexity index is 1530. The van der Waals surface area contributed by atoms with Crippen LogP contribution in [-0.2, 0) is 23.1 Å². The number of aromatic nitrogens is 3. The number of rotatable bonds is 11. The molecule has 10 nitrogen and oxygen atoms in total. The summed E-state index contributed by atoms with van der Waals surface area (Å²) in [5.41, 5.74) is 4.27. The number of carbonyl (C=O) groups is 1. The minimum absolute atomic E-state index is 0.0340. The smallest absolute Gasteiger partial charge is 0.302 e. The van der Waals surface area contributed by atoms with E-state index in [0.29, 0.717) is 17.3 Å². The molecule has 3 aromatic heterocycles. The lowest BCUT2D eigenvalue weighted by molar-refractivity contribution is 0.0397. The summed E-state index contributed by atoms with van der Waals surface area (Å²) in [5, 5.41) is 10.1. The molecule has 1 fully saturated rings. The fourth-order valence-electron chi connectivity index (χ4n) is 5.82. The monoisotopic (exact) mass is 614 g/mol. The number of nitrogens with zero attached hydrogens (tertiary/aromatic N) is 5. The maximum absolute atomic E-state index is 13.6. The van der Waals surface area contributed by atoms with Crippen molar-refractivity contribution in [2.75, 3.05) is 38.5 Å². The molecule has 0 bridgehead atoms. The first-order valence-corrected chi connectivity index (χ1v) is 16.9. The molecule has 4 heterocycles. The first-order valence-electron chi connectivity index (χ1n) is 14.7. The van der Waals surface area contributed by atoms with Crippen LogP contribution in [0.1, 0.15) is 79.0 Å². The zero-order chi connectivity index (χ0) is 30.2. The number of pyridine rings is 2. The van der Waals surface area contributed by atoms with E-state index in [1.807, 2.05) is 6.07 Å². The molecule has 2 N–H and O–H groups in total. The summed E-state index contributed by atoms with van der Waals surface area (Å²) in [7, 11) is -0.777. The number of aliphatic hydroxyl groups excluding tert-OH is 1. The number of aliphatic hydroxyl groups is 1. The van der Waals surface area contributed by atoms with Crippen molar-refractivity contribution < 1.29 is 18.3 Å². The second kappa shape index (κ2) is 12.2. The van der Waals surface area contributed by atoms with Crippen molar-refractivity contribution in [2.24, 2.45) is 11.3 Å². The molecule has 0 saturated carbocycles. The summed E-state index contributed by atoms with van der Waals surface area (Å²) in [6.07, 6.45) is 6.65. The van der Waals surface area contributed by atoms with Crippen molar-refractivity contribution >= 4 is 43.5 Å². The highest BCUT2D eigenvalue weighted by Crippen LogP contribution is 2.38. The lowest BCUT2D eigenvalue weighted by atomic mass is 9.71. The second-order valence-electron chi connectivity index (χ2n) is 12.9. The van der Waals surface area contributed by atoms with Gasteiger partial charge in [-0.3, -0.25) is 14.4 Å². The first kappa shape index (κ1) is 30.9. The van der Waals surface area contributed by atoms with Crippen LogP contribution >= 0.6 is 11.3 Å². The molecule has 1 saturated heterocycles. The van der Waals surface area contributed by atoms with Gasteiger partial charge in [0.2, 0.25) is 0 Å². The van der Waals surface area contributed by atoms with Crippen LogP contribution in [-0.4, -0.2) is 83.3 Å². The summed E-state index contributed by atoms with van der Waals surface area (Å²) >= 11 is 1.37. The molecule has 1 aliphatic heterocycles. The predicted molar refractivity (Wildman–Crippen MR) is 166 cm³/mol. The topological polar surface area (TPSA) is 129 Å². The van der Waals surface area contributed by atoms with Gasteiger partial charge in [0.05, 0.1) is 6.61 Å². The van der Waals surface area contributed by atoms with Crippen molar-refractivity contribution in [3.63, 3.8) is 0 Å². The highest BCUT2D eigenvalue weighted by molar-refractivity contribution is 7.90. The van der Waals surface area contributed by atoms with Gasteiger partial charge in [-0.2, -0.15) is 12.7 Å². The van der Waals surface area contributed by atoms with Crippen LogP contribution in [0.5, 0.6) is 0 Å². The highest BCUT2D eigenvalue weighted by atomic mass is 32.2. The Kier molecular flexibility index (Phi) is 9.01. The molecule has 12 heteroatoms. The number of hydrogen-bond donors (Lipinski definition) is 2. The Morgan fingerprint density at radius 3 is 2.64 bits per heavy atom. The number of nitrogens with one attached hydrogen (secondary N) is 1. The number of likely N-dealkylation sites (tertiary alicyclic amines) is 1. The summed E-state index contributed by atoms with van der Waals surface area (Å²) in [4.78, 5) is 30.7. The van der Waals surface area contributed by atoms with E-state index in [2.05, 4.69) is 41.4 Å². The van der Waals surface area contributed by atoms with E-state index in [4.69, 9.17) is 9.97 Å². The van der Waals surface area contributed by atoms with Gasteiger partial charge in [-0.05, 0) is 79.2 Å². The molecule has 42 heavy (non-hydrogen) atoms. The number of fused-ring (bicyclic) bond motifs is 2. The van der Waals surface area contributed by atoms with Crippen LogP contribution in [0, 0.1) is 11.3 Å². The Morgan fingerprint density at radius 1 is 1.24 bits per heavy atom. The number of ketones is 1. The molecular weight excluding hydrogens is 573 g/mol. The first-order chi connectivity index (χ1) is 19.8. The summed E-state index contributed by atoms with van der Waals surface area (Å²) < 4.78 is 28.0. The number of anilines is 1. The highest BCUT2D eigenvalue weighted by Gasteiger charge is 2.31. The van der Waals surface area contributed by atoms with E-state index in [0.717, 1.165) is 64.7 Å². The summed E-state index contributed by atoms with van der Waals surface area (Å²) in [5.74, 6) is 0.647. The van der Waals surface area contributed by atoms with Gasteiger partial charge in [-0.15, -0.1) is 0 Å². The second-order valence-corrected chi connectivity index (χ2v) is 15.7. The lowest BCUT2D eigenvalue weighted by Crippen LogP contribution is -2.50. The number of hydrogen-bond acceptors (Lipinski definition) is 9. The average molecular weight is 615 g/mol. The SMILES string of the molecule is CN(C)S(=O)(=O)Nc1ccc([C@@H](CCN2CC[C@H]2CO)CC(=O)c2nc3cc4c(nc3s2)CC[C@H](C(C)(C)C)C4)cn1. The molecular formula is C30H42N6O4S2. The van der Waals surface area contributed by atoms with Crippen LogP contribution < -0.4 is 4.72 Å². The van der Waals surface area contributed by atoms with Crippen LogP contribution in [0.15, 0.2) is 24.4 Å². The zero-order valence-corrected chi connectivity index (χ0v) is 26.8. The van der Waals surface area contributed by atoms with E-state index in [-0.39, 0.29) is 42.0 Å². The zero-order valence-electron chi connectivity index (χ0n) is 25.1. The molecule has 0 amide bonds. The van der Waals surface area contributed by atoms with Crippen molar-refractivity contribution in [1.82, 2.24) is 24.2 Å². The van der Waals surface area contributed by atoms with Crippen molar-refractivity contribution in [3.8, 4) is 0 Å². The number of aryl methyl sites for hydroxylation is 1. The van der Waals surface area contributed by atoms with Crippen molar-refractivity contribution in [1.29, 1.82) is 0 Å². The molecule has 0 radical (unpaired) electrons. The largest absolute Gasteiger partial charge is 0.395 e. The molecule has 3 atom stereocenters. The third kappa shape index (κ3) is 6.83. The Balaban J connectivity index is 1.35. The van der Waals surface area contributed by atoms with Crippen molar-refractivity contribution in [2.45, 2.75) is 71.3 Å². The van der Waals surface area contributed by atoms with Crippen molar-refractivity contribution in [3.05, 3.63) is 46.2 Å². The molecule has 0 aromatic carbocycles. The number of thiazole rings is 1. The van der Waals surface area contributed by atoms with Gasteiger partial charge < -0.3 is 5.11 Å². The molecule has 3 aromatic rings. The fourth-order valence-corrected chi connectivity index (χ4v) is 7.27. The van der Waals surface area contributed by atoms with Crippen LogP contribution in [0.2, 0.25) is 0 Å². The average Bonchev–Trinajstić information content (AvgIpc) is 3.33.